The van der Waals surface area contributed by atoms with Crippen LogP contribution in [0.2, 0.25) is 0 Å². The summed E-state index contributed by atoms with van der Waals surface area (Å²) in [6.07, 6.45) is 0.648. The highest BCUT2D eigenvalue weighted by molar-refractivity contribution is 5.94. The maximum atomic E-state index is 11.4. The molecule has 19 heavy (non-hydrogen) atoms. The first-order valence-electron chi connectivity index (χ1n) is 6.35. The molecule has 1 aliphatic heterocycles. The lowest BCUT2D eigenvalue weighted by Crippen LogP contribution is -2.33. The summed E-state index contributed by atoms with van der Waals surface area (Å²) >= 11 is 0. The van der Waals surface area contributed by atoms with E-state index in [2.05, 4.69) is 4.90 Å². The van der Waals surface area contributed by atoms with Gasteiger partial charge in [-0.25, -0.2) is 0 Å². The Kier molecular flexibility index (Phi) is 3.85. The molecule has 1 aromatic rings. The maximum Gasteiger partial charge on any atom is 0.308 e. The molecule has 2 atom stereocenters. The number of amides is 1. The van der Waals surface area contributed by atoms with Crippen molar-refractivity contribution in [3.63, 3.8) is 0 Å². The van der Waals surface area contributed by atoms with Crippen LogP contribution >= 0.6 is 0 Å². The summed E-state index contributed by atoms with van der Waals surface area (Å²) in [5, 5.41) is 9.11. The normalized spacial score (nSPS) is 23.4. The molecule has 2 unspecified atom stereocenters. The number of carboxylic acid groups (broad SMARTS) is 1. The standard InChI is InChI=1S/C14H18N2O3/c1-9-11(14(18)19)6-7-16(9)8-10-4-2-3-5-12(10)13(15)17/h2-5,9,11H,6-8H2,1H3,(H2,15,17)(H,18,19). The minimum absolute atomic E-state index is 0.0292. The first-order chi connectivity index (χ1) is 9.00. The SMILES string of the molecule is CC1C(C(=O)O)CCN1Cc1ccccc1C(N)=O. The molecule has 0 spiro atoms. The van der Waals surface area contributed by atoms with Gasteiger partial charge in [-0.15, -0.1) is 0 Å². The summed E-state index contributed by atoms with van der Waals surface area (Å²) in [6, 6.07) is 7.17. The van der Waals surface area contributed by atoms with Gasteiger partial charge in [-0.1, -0.05) is 18.2 Å². The van der Waals surface area contributed by atoms with Gasteiger partial charge in [0.05, 0.1) is 5.92 Å². The third kappa shape index (κ3) is 2.76. The summed E-state index contributed by atoms with van der Waals surface area (Å²) in [6.45, 7) is 3.20. The molecule has 1 aliphatic rings. The van der Waals surface area contributed by atoms with Crippen LogP contribution in [0, 0.1) is 5.92 Å². The van der Waals surface area contributed by atoms with E-state index in [4.69, 9.17) is 10.8 Å². The highest BCUT2D eigenvalue weighted by atomic mass is 16.4. The molecule has 1 saturated heterocycles. The lowest BCUT2D eigenvalue weighted by Gasteiger charge is -2.23. The van der Waals surface area contributed by atoms with Crippen molar-refractivity contribution in [2.24, 2.45) is 11.7 Å². The Morgan fingerprint density at radius 2 is 2.11 bits per heavy atom. The van der Waals surface area contributed by atoms with E-state index in [9.17, 15) is 9.59 Å². The molecule has 0 saturated carbocycles. The van der Waals surface area contributed by atoms with Crippen molar-refractivity contribution in [2.75, 3.05) is 6.54 Å². The van der Waals surface area contributed by atoms with Gasteiger partial charge in [-0.3, -0.25) is 14.5 Å². The predicted octanol–water partition coefficient (Wildman–Crippen LogP) is 1.08. The van der Waals surface area contributed by atoms with Crippen molar-refractivity contribution in [2.45, 2.75) is 25.9 Å². The number of likely N-dealkylation sites (tertiary alicyclic amines) is 1. The first kappa shape index (κ1) is 13.5. The van der Waals surface area contributed by atoms with Crippen LogP contribution in [0.4, 0.5) is 0 Å². The molecule has 0 aromatic heterocycles. The Balaban J connectivity index is 2.15. The maximum absolute atomic E-state index is 11.4. The molecule has 5 heteroatoms. The largest absolute Gasteiger partial charge is 0.481 e. The number of nitrogens with zero attached hydrogens (tertiary/aromatic N) is 1. The fourth-order valence-corrected chi connectivity index (χ4v) is 2.67. The zero-order valence-electron chi connectivity index (χ0n) is 10.9. The van der Waals surface area contributed by atoms with Gasteiger partial charge >= 0.3 is 5.97 Å². The van der Waals surface area contributed by atoms with Crippen molar-refractivity contribution < 1.29 is 14.7 Å². The Labute approximate surface area is 112 Å². The number of hydrogen-bond acceptors (Lipinski definition) is 3. The van der Waals surface area contributed by atoms with Crippen LogP contribution in [-0.2, 0) is 11.3 Å². The molecule has 1 amide bonds. The fourth-order valence-electron chi connectivity index (χ4n) is 2.67. The van der Waals surface area contributed by atoms with Gasteiger partial charge in [-0.05, 0) is 31.5 Å². The van der Waals surface area contributed by atoms with Crippen molar-refractivity contribution in [3.8, 4) is 0 Å². The number of rotatable bonds is 4. The highest BCUT2D eigenvalue weighted by Gasteiger charge is 2.35. The van der Waals surface area contributed by atoms with E-state index in [-0.39, 0.29) is 12.0 Å². The molecule has 102 valence electrons. The monoisotopic (exact) mass is 262 g/mol. The third-order valence-electron chi connectivity index (χ3n) is 3.86. The quantitative estimate of drug-likeness (QED) is 0.850. The van der Waals surface area contributed by atoms with Crippen LogP contribution in [-0.4, -0.2) is 34.5 Å². The van der Waals surface area contributed by atoms with E-state index in [1.165, 1.54) is 0 Å². The van der Waals surface area contributed by atoms with Crippen molar-refractivity contribution in [1.82, 2.24) is 4.90 Å². The Morgan fingerprint density at radius 1 is 1.42 bits per heavy atom. The molecular formula is C14H18N2O3. The number of carbonyl (C=O) groups excluding carboxylic acids is 1. The molecule has 3 N–H and O–H groups in total. The second kappa shape index (κ2) is 5.40. The molecule has 1 fully saturated rings. The molecule has 0 radical (unpaired) electrons. The van der Waals surface area contributed by atoms with Gasteiger partial charge in [-0.2, -0.15) is 0 Å². The average molecular weight is 262 g/mol. The Bertz CT molecular complexity index is 501. The molecule has 0 aliphatic carbocycles. The average Bonchev–Trinajstić information content (AvgIpc) is 2.71. The number of carboxylic acids is 1. The van der Waals surface area contributed by atoms with E-state index in [1.54, 1.807) is 12.1 Å². The minimum atomic E-state index is -0.752. The Morgan fingerprint density at radius 3 is 2.68 bits per heavy atom. The van der Waals surface area contributed by atoms with Crippen LogP contribution < -0.4 is 5.73 Å². The van der Waals surface area contributed by atoms with E-state index in [0.717, 1.165) is 12.1 Å². The zero-order valence-corrected chi connectivity index (χ0v) is 10.9. The van der Waals surface area contributed by atoms with Gasteiger partial charge in [0.15, 0.2) is 0 Å². The van der Waals surface area contributed by atoms with Crippen LogP contribution in [0.1, 0.15) is 29.3 Å². The number of nitrogens with two attached hydrogens (primary N) is 1. The number of hydrogen-bond donors (Lipinski definition) is 2. The lowest BCUT2D eigenvalue weighted by molar-refractivity contribution is -0.142. The summed E-state index contributed by atoms with van der Waals surface area (Å²) in [5.74, 6) is -1.53. The van der Waals surface area contributed by atoms with Crippen molar-refractivity contribution in [1.29, 1.82) is 0 Å². The van der Waals surface area contributed by atoms with E-state index < -0.39 is 11.9 Å². The Hall–Kier alpha value is -1.88. The lowest BCUT2D eigenvalue weighted by atomic mass is 10.0. The van der Waals surface area contributed by atoms with E-state index in [1.807, 2.05) is 19.1 Å². The van der Waals surface area contributed by atoms with Crippen LogP contribution in [0.5, 0.6) is 0 Å². The van der Waals surface area contributed by atoms with E-state index >= 15 is 0 Å². The topological polar surface area (TPSA) is 83.6 Å². The summed E-state index contributed by atoms with van der Waals surface area (Å²) < 4.78 is 0. The smallest absolute Gasteiger partial charge is 0.308 e. The van der Waals surface area contributed by atoms with Crippen LogP contribution in [0.15, 0.2) is 24.3 Å². The zero-order chi connectivity index (χ0) is 14.0. The molecule has 2 rings (SSSR count). The molecule has 0 bridgehead atoms. The number of aliphatic carboxylic acids is 1. The van der Waals surface area contributed by atoms with Crippen molar-refractivity contribution >= 4 is 11.9 Å². The van der Waals surface area contributed by atoms with Gasteiger partial charge in [0, 0.05) is 18.2 Å². The summed E-state index contributed by atoms with van der Waals surface area (Å²) in [7, 11) is 0. The second-order valence-electron chi connectivity index (χ2n) is 4.97. The number of primary amides is 1. The first-order valence-corrected chi connectivity index (χ1v) is 6.35. The minimum Gasteiger partial charge on any atom is -0.481 e. The molecule has 1 aromatic carbocycles. The highest BCUT2D eigenvalue weighted by Crippen LogP contribution is 2.26. The number of benzene rings is 1. The second-order valence-corrected chi connectivity index (χ2v) is 4.97. The van der Waals surface area contributed by atoms with Gasteiger partial charge in [0.2, 0.25) is 5.91 Å². The van der Waals surface area contributed by atoms with E-state index in [0.29, 0.717) is 18.5 Å². The summed E-state index contributed by atoms with van der Waals surface area (Å²) in [5.41, 5.74) is 6.71. The fraction of sp³-hybridized carbons (Fsp3) is 0.429. The third-order valence-corrected chi connectivity index (χ3v) is 3.86. The summed E-state index contributed by atoms with van der Waals surface area (Å²) in [4.78, 5) is 24.5. The molecule has 1 heterocycles. The van der Waals surface area contributed by atoms with Crippen LogP contribution in [0.3, 0.4) is 0 Å². The number of carbonyl (C=O) groups is 2. The molecule has 5 nitrogen and oxygen atoms in total. The van der Waals surface area contributed by atoms with Gasteiger partial charge in [0.1, 0.15) is 0 Å². The van der Waals surface area contributed by atoms with Crippen molar-refractivity contribution in [3.05, 3.63) is 35.4 Å². The predicted molar refractivity (Wildman–Crippen MR) is 70.6 cm³/mol. The van der Waals surface area contributed by atoms with Crippen LogP contribution in [0.25, 0.3) is 0 Å². The van der Waals surface area contributed by atoms with Gasteiger partial charge in [0.25, 0.3) is 0 Å². The molecular weight excluding hydrogens is 244 g/mol. The van der Waals surface area contributed by atoms with Gasteiger partial charge < -0.3 is 10.8 Å².